The minimum Gasteiger partial charge on any atom is -0.307 e. The number of hydrogen-bond acceptors (Lipinski definition) is 5. The second kappa shape index (κ2) is 10.2. The summed E-state index contributed by atoms with van der Waals surface area (Å²) in [5, 5.41) is 3.39. The number of halogens is 1. The molecule has 6 rings (SSSR count). The van der Waals surface area contributed by atoms with Crippen LogP contribution in [-0.4, -0.2) is 28.9 Å². The number of aromatic nitrogens is 3. The van der Waals surface area contributed by atoms with Crippen molar-refractivity contribution in [3.63, 3.8) is 0 Å². The van der Waals surface area contributed by atoms with Crippen LogP contribution in [0.2, 0.25) is 5.02 Å². The van der Waals surface area contributed by atoms with Gasteiger partial charge in [0.05, 0.1) is 22.0 Å². The van der Waals surface area contributed by atoms with Crippen LogP contribution in [0.1, 0.15) is 28.9 Å². The van der Waals surface area contributed by atoms with Crippen molar-refractivity contribution >= 4 is 55.4 Å². The molecule has 198 valence electrons. The SMILES string of the molecule is CC(c1ccccc1)n1c(NC(=O)c2ccc(Cl)cc2)c(S(=O)(=O)c2ccccc2)c2nc3ccccc3nc21. The van der Waals surface area contributed by atoms with Crippen molar-refractivity contribution in [1.82, 2.24) is 14.5 Å². The number of anilines is 1. The third-order valence-corrected chi connectivity index (χ3v) is 8.85. The van der Waals surface area contributed by atoms with Gasteiger partial charge in [-0.25, -0.2) is 18.4 Å². The highest BCUT2D eigenvalue weighted by molar-refractivity contribution is 7.92. The van der Waals surface area contributed by atoms with Crippen molar-refractivity contribution in [1.29, 1.82) is 0 Å². The van der Waals surface area contributed by atoms with Crippen LogP contribution in [0.5, 0.6) is 0 Å². The van der Waals surface area contributed by atoms with Gasteiger partial charge in [0.25, 0.3) is 5.91 Å². The van der Waals surface area contributed by atoms with E-state index in [4.69, 9.17) is 21.6 Å². The Morgan fingerprint density at radius 1 is 0.800 bits per heavy atom. The van der Waals surface area contributed by atoms with Crippen LogP contribution in [0.4, 0.5) is 5.82 Å². The second-order valence-corrected chi connectivity index (χ2v) is 11.6. The van der Waals surface area contributed by atoms with Gasteiger partial charge in [-0.3, -0.25) is 4.79 Å². The van der Waals surface area contributed by atoms with E-state index in [0.717, 1.165) is 5.56 Å². The first kappa shape index (κ1) is 25.7. The smallest absolute Gasteiger partial charge is 0.256 e. The van der Waals surface area contributed by atoms with Gasteiger partial charge < -0.3 is 9.88 Å². The number of carbonyl (C=O) groups excluding carboxylic acids is 1. The maximum atomic E-state index is 14.3. The highest BCUT2D eigenvalue weighted by Gasteiger charge is 2.34. The first-order valence-electron chi connectivity index (χ1n) is 12.6. The summed E-state index contributed by atoms with van der Waals surface area (Å²) < 4.78 is 30.3. The summed E-state index contributed by atoms with van der Waals surface area (Å²) in [6.45, 7) is 1.93. The van der Waals surface area contributed by atoms with Crippen LogP contribution >= 0.6 is 11.6 Å². The Bertz CT molecular complexity index is 1970. The Morgan fingerprint density at radius 3 is 2.02 bits per heavy atom. The van der Waals surface area contributed by atoms with E-state index in [0.29, 0.717) is 27.3 Å². The Balaban J connectivity index is 1.70. The molecule has 0 radical (unpaired) electrons. The minimum absolute atomic E-state index is 0.0818. The Kier molecular flexibility index (Phi) is 6.57. The summed E-state index contributed by atoms with van der Waals surface area (Å²) in [4.78, 5) is 23.2. The maximum Gasteiger partial charge on any atom is 0.256 e. The van der Waals surface area contributed by atoms with Gasteiger partial charge in [-0.05, 0) is 61.0 Å². The molecule has 6 aromatic rings. The minimum atomic E-state index is -4.15. The van der Waals surface area contributed by atoms with Gasteiger partial charge in [-0.15, -0.1) is 0 Å². The van der Waals surface area contributed by atoms with E-state index in [-0.39, 0.29) is 21.1 Å². The Morgan fingerprint density at radius 2 is 1.38 bits per heavy atom. The molecule has 0 spiro atoms. The summed E-state index contributed by atoms with van der Waals surface area (Å²) in [7, 11) is -4.15. The van der Waals surface area contributed by atoms with E-state index in [1.807, 2.05) is 55.5 Å². The first-order valence-corrected chi connectivity index (χ1v) is 14.4. The fourth-order valence-electron chi connectivity index (χ4n) is 4.77. The second-order valence-electron chi connectivity index (χ2n) is 9.30. The van der Waals surface area contributed by atoms with Crippen LogP contribution in [-0.2, 0) is 9.84 Å². The van der Waals surface area contributed by atoms with Gasteiger partial charge in [0.2, 0.25) is 9.84 Å². The molecule has 0 bridgehead atoms. The zero-order valence-corrected chi connectivity index (χ0v) is 22.9. The molecule has 4 aromatic carbocycles. The Labute approximate surface area is 236 Å². The van der Waals surface area contributed by atoms with Crippen LogP contribution in [0.3, 0.4) is 0 Å². The van der Waals surface area contributed by atoms with Crippen molar-refractivity contribution in [2.75, 3.05) is 5.32 Å². The summed E-state index contributed by atoms with van der Waals surface area (Å²) in [6, 6.07) is 31.0. The topological polar surface area (TPSA) is 94.0 Å². The third kappa shape index (κ3) is 4.51. The predicted octanol–water partition coefficient (Wildman–Crippen LogP) is 6.93. The normalized spacial score (nSPS) is 12.4. The van der Waals surface area contributed by atoms with Gasteiger partial charge in [0, 0.05) is 10.6 Å². The number of para-hydroxylation sites is 2. The number of benzene rings is 4. The lowest BCUT2D eigenvalue weighted by molar-refractivity contribution is 0.102. The van der Waals surface area contributed by atoms with E-state index < -0.39 is 21.8 Å². The summed E-state index contributed by atoms with van der Waals surface area (Å²) in [5.41, 5.74) is 2.89. The molecule has 0 saturated heterocycles. The number of amides is 1. The molecule has 0 saturated carbocycles. The number of hydrogen-bond donors (Lipinski definition) is 1. The largest absolute Gasteiger partial charge is 0.307 e. The molecule has 0 aliphatic heterocycles. The molecule has 1 amide bonds. The number of nitrogens with one attached hydrogen (secondary N) is 1. The number of rotatable bonds is 6. The van der Waals surface area contributed by atoms with Gasteiger partial charge in [0.1, 0.15) is 16.2 Å². The molecule has 40 heavy (non-hydrogen) atoms. The Hall–Kier alpha value is -4.53. The van der Waals surface area contributed by atoms with Crippen LogP contribution in [0, 0.1) is 0 Å². The van der Waals surface area contributed by atoms with E-state index >= 15 is 0 Å². The lowest BCUT2D eigenvalue weighted by Gasteiger charge is -2.20. The summed E-state index contributed by atoms with van der Waals surface area (Å²) >= 11 is 6.04. The fourth-order valence-corrected chi connectivity index (χ4v) is 6.44. The average molecular weight is 567 g/mol. The standard InChI is InChI=1S/C31H23ClN4O3S/c1-20(21-10-4-2-5-11-21)36-29-27(33-25-14-8-9-15-26(25)34-29)28(40(38,39)24-12-6-3-7-13-24)30(36)35-31(37)22-16-18-23(32)19-17-22/h2-20H,1H3,(H,35,37). The van der Waals surface area contributed by atoms with E-state index in [2.05, 4.69) is 5.32 Å². The summed E-state index contributed by atoms with van der Waals surface area (Å²) in [5.74, 6) is -0.402. The third-order valence-electron chi connectivity index (χ3n) is 6.78. The molecule has 2 aromatic heterocycles. The molecular weight excluding hydrogens is 544 g/mol. The molecule has 0 aliphatic carbocycles. The van der Waals surface area contributed by atoms with E-state index in [9.17, 15) is 13.2 Å². The number of fused-ring (bicyclic) bond motifs is 2. The summed E-state index contributed by atoms with van der Waals surface area (Å²) in [6.07, 6.45) is 0. The van der Waals surface area contributed by atoms with Gasteiger partial charge in [-0.1, -0.05) is 72.3 Å². The van der Waals surface area contributed by atoms with Gasteiger partial charge in [0.15, 0.2) is 5.65 Å². The zero-order valence-electron chi connectivity index (χ0n) is 21.3. The lowest BCUT2D eigenvalue weighted by atomic mass is 10.1. The van der Waals surface area contributed by atoms with Crippen molar-refractivity contribution in [2.45, 2.75) is 22.8 Å². The quantitative estimate of drug-likeness (QED) is 0.236. The van der Waals surface area contributed by atoms with Crippen LogP contribution < -0.4 is 5.32 Å². The van der Waals surface area contributed by atoms with Crippen LogP contribution in [0.15, 0.2) is 119 Å². The predicted molar refractivity (Wildman–Crippen MR) is 157 cm³/mol. The van der Waals surface area contributed by atoms with Crippen molar-refractivity contribution in [2.24, 2.45) is 0 Å². The average Bonchev–Trinajstić information content (AvgIpc) is 3.29. The highest BCUT2D eigenvalue weighted by atomic mass is 35.5. The van der Waals surface area contributed by atoms with E-state index in [1.54, 1.807) is 53.1 Å². The molecule has 0 aliphatic rings. The molecule has 0 fully saturated rings. The first-order chi connectivity index (χ1) is 19.3. The van der Waals surface area contributed by atoms with Crippen molar-refractivity contribution in [3.8, 4) is 0 Å². The maximum absolute atomic E-state index is 14.3. The van der Waals surface area contributed by atoms with Crippen molar-refractivity contribution < 1.29 is 13.2 Å². The van der Waals surface area contributed by atoms with Crippen LogP contribution in [0.25, 0.3) is 22.2 Å². The molecule has 2 heterocycles. The number of carbonyl (C=O) groups is 1. The molecule has 9 heteroatoms. The highest BCUT2D eigenvalue weighted by Crippen LogP contribution is 2.40. The number of nitrogens with zero attached hydrogens (tertiary/aromatic N) is 3. The van der Waals surface area contributed by atoms with Gasteiger partial charge >= 0.3 is 0 Å². The molecular formula is C31H23ClN4O3S. The zero-order chi connectivity index (χ0) is 27.9. The fraction of sp³-hybridized carbons (Fsp3) is 0.0645. The molecule has 1 unspecified atom stereocenters. The monoisotopic (exact) mass is 566 g/mol. The molecule has 1 N–H and O–H groups in total. The molecule has 1 atom stereocenters. The lowest BCUT2D eigenvalue weighted by Crippen LogP contribution is -2.19. The number of sulfone groups is 1. The van der Waals surface area contributed by atoms with E-state index in [1.165, 1.54) is 12.1 Å². The van der Waals surface area contributed by atoms with Gasteiger partial charge in [-0.2, -0.15) is 0 Å². The van der Waals surface area contributed by atoms with Crippen molar-refractivity contribution in [3.05, 3.63) is 125 Å². The molecule has 7 nitrogen and oxygen atoms in total.